The van der Waals surface area contributed by atoms with Crippen LogP contribution in [-0.2, 0) is 17.4 Å². The van der Waals surface area contributed by atoms with E-state index < -0.39 is 29.6 Å². The van der Waals surface area contributed by atoms with Crippen LogP contribution in [0.2, 0.25) is 0 Å². The predicted molar refractivity (Wildman–Crippen MR) is 88.6 cm³/mol. The zero-order chi connectivity index (χ0) is 19.3. The zero-order valence-corrected chi connectivity index (χ0v) is 13.8. The second-order valence-corrected chi connectivity index (χ2v) is 5.56. The van der Waals surface area contributed by atoms with Crippen LogP contribution < -0.4 is 15.8 Å². The summed E-state index contributed by atoms with van der Waals surface area (Å²) in [6.07, 6.45) is -4.37. The molecule has 138 valence electrons. The second-order valence-electron chi connectivity index (χ2n) is 5.56. The summed E-state index contributed by atoms with van der Waals surface area (Å²) >= 11 is 0. The minimum absolute atomic E-state index is 0.00473. The van der Waals surface area contributed by atoms with Gasteiger partial charge >= 0.3 is 6.18 Å². The van der Waals surface area contributed by atoms with Gasteiger partial charge in [0.1, 0.15) is 11.8 Å². The highest BCUT2D eigenvalue weighted by atomic mass is 19.4. The molecule has 0 saturated heterocycles. The predicted octanol–water partition coefficient (Wildman–Crippen LogP) is 2.54. The first-order valence-electron chi connectivity index (χ1n) is 7.61. The van der Waals surface area contributed by atoms with Gasteiger partial charge < -0.3 is 15.8 Å². The number of primary amides is 1. The van der Waals surface area contributed by atoms with Gasteiger partial charge in [-0.05, 0) is 42.0 Å². The lowest BCUT2D eigenvalue weighted by molar-refractivity contribution is -0.137. The Morgan fingerprint density at radius 2 is 1.81 bits per heavy atom. The van der Waals surface area contributed by atoms with E-state index in [4.69, 9.17) is 10.5 Å². The van der Waals surface area contributed by atoms with Gasteiger partial charge in [0.05, 0.1) is 12.7 Å². The number of methoxy groups -OCH3 is 1. The smallest absolute Gasteiger partial charge is 0.416 e. The number of carbonyl (C=O) groups excluding carboxylic acids is 2. The molecule has 2 amide bonds. The van der Waals surface area contributed by atoms with Crippen LogP contribution in [-0.4, -0.2) is 25.0 Å². The number of nitrogens with one attached hydrogen (secondary N) is 1. The third-order valence-electron chi connectivity index (χ3n) is 3.70. The van der Waals surface area contributed by atoms with E-state index in [2.05, 4.69) is 5.32 Å². The summed E-state index contributed by atoms with van der Waals surface area (Å²) in [5, 5.41) is 2.44. The van der Waals surface area contributed by atoms with Crippen LogP contribution in [0.3, 0.4) is 0 Å². The number of benzene rings is 2. The van der Waals surface area contributed by atoms with Crippen molar-refractivity contribution in [3.8, 4) is 5.75 Å². The van der Waals surface area contributed by atoms with Gasteiger partial charge in [-0.1, -0.05) is 12.1 Å². The van der Waals surface area contributed by atoms with Crippen molar-refractivity contribution in [1.82, 2.24) is 5.32 Å². The standard InChI is InChI=1S/C18H17F3N2O3/c1-26-14-4-2-3-11(9-14)10-15(16(22)24)23-17(25)12-5-7-13(8-6-12)18(19,20)21/h2-9,15H,10H2,1H3,(H2,22,24)(H,23,25)/t15-/m0/s1. The summed E-state index contributed by atoms with van der Waals surface area (Å²) in [4.78, 5) is 23.8. The van der Waals surface area contributed by atoms with E-state index in [0.717, 1.165) is 24.3 Å². The van der Waals surface area contributed by atoms with Crippen LogP contribution in [0.15, 0.2) is 48.5 Å². The monoisotopic (exact) mass is 366 g/mol. The Morgan fingerprint density at radius 1 is 1.15 bits per heavy atom. The fraction of sp³-hybridized carbons (Fsp3) is 0.222. The zero-order valence-electron chi connectivity index (χ0n) is 13.8. The Morgan fingerprint density at radius 3 is 2.35 bits per heavy atom. The van der Waals surface area contributed by atoms with Gasteiger partial charge in [-0.2, -0.15) is 13.2 Å². The third-order valence-corrected chi connectivity index (χ3v) is 3.70. The average Bonchev–Trinajstić information content (AvgIpc) is 2.60. The van der Waals surface area contributed by atoms with Crippen molar-refractivity contribution in [1.29, 1.82) is 0 Å². The number of amides is 2. The van der Waals surface area contributed by atoms with Gasteiger partial charge in [0.15, 0.2) is 0 Å². The van der Waals surface area contributed by atoms with Crippen molar-refractivity contribution < 1.29 is 27.5 Å². The molecule has 0 aliphatic rings. The van der Waals surface area contributed by atoms with Crippen LogP contribution >= 0.6 is 0 Å². The molecular weight excluding hydrogens is 349 g/mol. The van der Waals surface area contributed by atoms with Crippen molar-refractivity contribution in [3.05, 3.63) is 65.2 Å². The largest absolute Gasteiger partial charge is 0.497 e. The van der Waals surface area contributed by atoms with Gasteiger partial charge in [-0.25, -0.2) is 0 Å². The molecule has 0 unspecified atom stereocenters. The summed E-state index contributed by atoms with van der Waals surface area (Å²) in [5.41, 5.74) is 5.17. The Labute approximate surface area is 148 Å². The SMILES string of the molecule is COc1cccc(C[C@H](NC(=O)c2ccc(C(F)(F)F)cc2)C(N)=O)c1. The Kier molecular flexibility index (Phi) is 5.86. The first-order chi connectivity index (χ1) is 12.2. The van der Waals surface area contributed by atoms with E-state index >= 15 is 0 Å². The lowest BCUT2D eigenvalue weighted by Crippen LogP contribution is -2.45. The maximum Gasteiger partial charge on any atom is 0.416 e. The Bertz CT molecular complexity index is 789. The van der Waals surface area contributed by atoms with E-state index in [1.807, 2.05) is 0 Å². The highest BCUT2D eigenvalue weighted by Crippen LogP contribution is 2.29. The van der Waals surface area contributed by atoms with Crippen LogP contribution in [0.4, 0.5) is 13.2 Å². The van der Waals surface area contributed by atoms with E-state index in [-0.39, 0.29) is 12.0 Å². The van der Waals surface area contributed by atoms with Crippen molar-refractivity contribution in [2.45, 2.75) is 18.6 Å². The maximum absolute atomic E-state index is 12.6. The number of halogens is 3. The number of nitrogens with two attached hydrogens (primary N) is 1. The number of hydrogen-bond acceptors (Lipinski definition) is 3. The first-order valence-corrected chi connectivity index (χ1v) is 7.61. The van der Waals surface area contributed by atoms with Crippen molar-refractivity contribution in [2.75, 3.05) is 7.11 Å². The number of rotatable bonds is 6. The molecule has 2 aromatic carbocycles. The molecule has 3 N–H and O–H groups in total. The second kappa shape index (κ2) is 7.90. The van der Waals surface area contributed by atoms with E-state index in [9.17, 15) is 22.8 Å². The van der Waals surface area contributed by atoms with Gasteiger partial charge in [0.25, 0.3) is 5.91 Å². The molecule has 1 atom stereocenters. The summed E-state index contributed by atoms with van der Waals surface area (Å²) in [5.74, 6) is -0.863. The van der Waals surface area contributed by atoms with Crippen LogP contribution in [0.25, 0.3) is 0 Å². The van der Waals surface area contributed by atoms with E-state index in [1.54, 1.807) is 24.3 Å². The van der Waals surface area contributed by atoms with E-state index in [1.165, 1.54) is 7.11 Å². The number of alkyl halides is 3. The summed E-state index contributed by atoms with van der Waals surface area (Å²) in [6.45, 7) is 0. The maximum atomic E-state index is 12.6. The van der Waals surface area contributed by atoms with Gasteiger partial charge in [0, 0.05) is 12.0 Å². The molecule has 2 aromatic rings. The molecule has 0 heterocycles. The molecule has 0 saturated carbocycles. The third kappa shape index (κ3) is 4.98. The lowest BCUT2D eigenvalue weighted by atomic mass is 10.0. The number of hydrogen-bond donors (Lipinski definition) is 2. The fourth-order valence-electron chi connectivity index (χ4n) is 2.31. The normalized spacial score (nSPS) is 12.3. The quantitative estimate of drug-likeness (QED) is 0.824. The molecule has 0 bridgehead atoms. The van der Waals surface area contributed by atoms with Crippen molar-refractivity contribution >= 4 is 11.8 Å². The number of carbonyl (C=O) groups is 2. The molecule has 0 aliphatic heterocycles. The van der Waals surface area contributed by atoms with Crippen LogP contribution in [0.5, 0.6) is 5.75 Å². The minimum atomic E-state index is -4.49. The lowest BCUT2D eigenvalue weighted by Gasteiger charge is -2.16. The van der Waals surface area contributed by atoms with E-state index in [0.29, 0.717) is 11.3 Å². The van der Waals surface area contributed by atoms with Gasteiger partial charge in [0.2, 0.25) is 5.91 Å². The van der Waals surface area contributed by atoms with Crippen molar-refractivity contribution in [3.63, 3.8) is 0 Å². The van der Waals surface area contributed by atoms with Crippen LogP contribution in [0, 0.1) is 0 Å². The minimum Gasteiger partial charge on any atom is -0.497 e. The van der Waals surface area contributed by atoms with Crippen LogP contribution in [0.1, 0.15) is 21.5 Å². The number of ether oxygens (including phenoxy) is 1. The summed E-state index contributed by atoms with van der Waals surface area (Å²) < 4.78 is 42.8. The molecule has 0 fully saturated rings. The molecule has 8 heteroatoms. The highest BCUT2D eigenvalue weighted by molar-refractivity contribution is 5.97. The molecule has 0 radical (unpaired) electrons. The molecule has 0 aromatic heterocycles. The highest BCUT2D eigenvalue weighted by Gasteiger charge is 2.30. The first kappa shape index (κ1) is 19.3. The Hall–Kier alpha value is -3.03. The van der Waals surface area contributed by atoms with Crippen molar-refractivity contribution in [2.24, 2.45) is 5.73 Å². The molecule has 0 aliphatic carbocycles. The summed E-state index contributed by atoms with van der Waals surface area (Å²) in [6, 6.07) is 9.56. The molecule has 0 spiro atoms. The average molecular weight is 366 g/mol. The molecule has 2 rings (SSSR count). The molecule has 26 heavy (non-hydrogen) atoms. The molecule has 5 nitrogen and oxygen atoms in total. The Balaban J connectivity index is 2.11. The van der Waals surface area contributed by atoms with Gasteiger partial charge in [-0.15, -0.1) is 0 Å². The molecular formula is C18H17F3N2O3. The topological polar surface area (TPSA) is 81.4 Å². The summed E-state index contributed by atoms with van der Waals surface area (Å²) in [7, 11) is 1.50. The van der Waals surface area contributed by atoms with Gasteiger partial charge in [-0.3, -0.25) is 9.59 Å². The fourth-order valence-corrected chi connectivity index (χ4v) is 2.31.